The Bertz CT molecular complexity index is 280. The van der Waals surface area contributed by atoms with Crippen molar-refractivity contribution in [2.75, 3.05) is 20.1 Å². The summed E-state index contributed by atoms with van der Waals surface area (Å²) < 4.78 is 35.9. The number of amides is 1. The number of carbonyl (C=O) groups is 1. The summed E-state index contributed by atoms with van der Waals surface area (Å²) in [6, 6.07) is 0.286. The fourth-order valence-corrected chi connectivity index (χ4v) is 2.61. The van der Waals surface area contributed by atoms with Gasteiger partial charge in [0.2, 0.25) is 5.91 Å². The molecule has 3 aliphatic rings. The minimum atomic E-state index is -4.23. The fraction of sp³-hybridized carbons (Fsp3) is 0.900. The molecule has 0 N–H and O–H groups in total. The minimum Gasteiger partial charge on any atom is -0.334 e. The molecule has 2 bridgehead atoms. The Hall–Kier alpha value is -0.780. The van der Waals surface area contributed by atoms with Gasteiger partial charge in [-0.15, -0.1) is 0 Å². The summed E-state index contributed by atoms with van der Waals surface area (Å²) in [7, 11) is 1.97. The number of hydrogen-bond acceptors (Lipinski definition) is 2. The first-order chi connectivity index (χ1) is 7.37. The molecule has 0 aliphatic carbocycles. The molecule has 3 aliphatic heterocycles. The van der Waals surface area contributed by atoms with E-state index in [1.807, 2.05) is 7.05 Å². The number of rotatable bonds is 2. The summed E-state index contributed by atoms with van der Waals surface area (Å²) in [5, 5.41) is 0. The van der Waals surface area contributed by atoms with E-state index in [4.69, 9.17) is 0 Å². The van der Waals surface area contributed by atoms with Crippen LogP contribution in [0.3, 0.4) is 0 Å². The van der Waals surface area contributed by atoms with Gasteiger partial charge in [0.05, 0.1) is 6.42 Å². The molecule has 3 fully saturated rings. The van der Waals surface area contributed by atoms with E-state index in [9.17, 15) is 18.0 Å². The molecule has 3 rings (SSSR count). The van der Waals surface area contributed by atoms with Gasteiger partial charge in [-0.1, -0.05) is 0 Å². The van der Waals surface area contributed by atoms with Crippen LogP contribution in [0.1, 0.15) is 19.3 Å². The fourth-order valence-electron chi connectivity index (χ4n) is 2.61. The van der Waals surface area contributed by atoms with Gasteiger partial charge in [0.25, 0.3) is 0 Å². The van der Waals surface area contributed by atoms with Gasteiger partial charge < -0.3 is 9.80 Å². The highest BCUT2D eigenvalue weighted by molar-refractivity contribution is 5.78. The van der Waals surface area contributed by atoms with Crippen LogP contribution in [-0.4, -0.2) is 54.1 Å². The van der Waals surface area contributed by atoms with E-state index in [0.29, 0.717) is 0 Å². The summed E-state index contributed by atoms with van der Waals surface area (Å²) in [6.07, 6.45) is -4.69. The van der Waals surface area contributed by atoms with Crippen LogP contribution >= 0.6 is 0 Å². The first-order valence-corrected chi connectivity index (χ1v) is 5.43. The summed E-state index contributed by atoms with van der Waals surface area (Å²) in [5.74, 6) is -0.341. The Kier molecular flexibility index (Phi) is 2.86. The Labute approximate surface area is 92.2 Å². The van der Waals surface area contributed by atoms with Crippen LogP contribution in [0.4, 0.5) is 13.2 Å². The molecule has 0 radical (unpaired) electrons. The van der Waals surface area contributed by atoms with Gasteiger partial charge in [0, 0.05) is 31.6 Å². The summed E-state index contributed by atoms with van der Waals surface area (Å²) in [4.78, 5) is 15.4. The highest BCUT2D eigenvalue weighted by atomic mass is 19.4. The van der Waals surface area contributed by atoms with Gasteiger partial charge >= 0.3 is 6.18 Å². The van der Waals surface area contributed by atoms with Crippen LogP contribution in [0.25, 0.3) is 0 Å². The van der Waals surface area contributed by atoms with Crippen molar-refractivity contribution in [2.24, 2.45) is 0 Å². The van der Waals surface area contributed by atoms with Gasteiger partial charge in [-0.3, -0.25) is 4.79 Å². The zero-order valence-electron chi connectivity index (χ0n) is 9.13. The maximum Gasteiger partial charge on any atom is 0.389 e. The standard InChI is InChI=1S/C10H15F3N2O/c1-14-5-7-4-8(6-14)15(7)9(16)2-3-10(11,12)13/h7-8H,2-6H2,1H3. The summed E-state index contributed by atoms with van der Waals surface area (Å²) in [5.41, 5.74) is 0. The molecule has 0 saturated carbocycles. The van der Waals surface area contributed by atoms with Crippen molar-refractivity contribution in [2.45, 2.75) is 37.5 Å². The zero-order chi connectivity index (χ0) is 11.9. The van der Waals surface area contributed by atoms with E-state index in [1.165, 1.54) is 0 Å². The number of alkyl halides is 3. The van der Waals surface area contributed by atoms with Crippen LogP contribution in [0.2, 0.25) is 0 Å². The predicted molar refractivity (Wildman–Crippen MR) is 51.8 cm³/mol. The molecule has 2 atom stereocenters. The van der Waals surface area contributed by atoms with E-state index in [2.05, 4.69) is 4.90 Å². The highest BCUT2D eigenvalue weighted by Crippen LogP contribution is 2.33. The van der Waals surface area contributed by atoms with Crippen LogP contribution < -0.4 is 0 Å². The van der Waals surface area contributed by atoms with Crippen LogP contribution in [0.15, 0.2) is 0 Å². The SMILES string of the molecule is CN1CC2CC(C1)N2C(=O)CCC(F)(F)F. The number of hydrogen-bond donors (Lipinski definition) is 0. The van der Waals surface area contributed by atoms with Crippen molar-refractivity contribution in [1.82, 2.24) is 9.80 Å². The lowest BCUT2D eigenvalue weighted by Crippen LogP contribution is -2.69. The van der Waals surface area contributed by atoms with Crippen molar-refractivity contribution in [3.63, 3.8) is 0 Å². The van der Waals surface area contributed by atoms with Gasteiger partial charge in [-0.25, -0.2) is 0 Å². The molecule has 16 heavy (non-hydrogen) atoms. The molecule has 1 amide bonds. The van der Waals surface area contributed by atoms with Crippen LogP contribution in [0.5, 0.6) is 0 Å². The average Bonchev–Trinajstić information content (AvgIpc) is 2.13. The third kappa shape index (κ3) is 2.31. The Morgan fingerprint density at radius 1 is 1.31 bits per heavy atom. The quantitative estimate of drug-likeness (QED) is 0.720. The third-order valence-electron chi connectivity index (χ3n) is 3.29. The van der Waals surface area contributed by atoms with E-state index in [-0.39, 0.29) is 18.0 Å². The maximum absolute atomic E-state index is 12.0. The first-order valence-electron chi connectivity index (χ1n) is 5.43. The molecule has 3 heterocycles. The molecule has 0 aromatic carbocycles. The molecule has 0 aromatic rings. The molecular formula is C10H15F3N2O. The van der Waals surface area contributed by atoms with Gasteiger partial charge in [0.15, 0.2) is 0 Å². The number of fused-ring (bicyclic) bond motifs is 2. The van der Waals surface area contributed by atoms with Crippen molar-refractivity contribution in [1.29, 1.82) is 0 Å². The zero-order valence-corrected chi connectivity index (χ0v) is 9.13. The maximum atomic E-state index is 12.0. The molecule has 2 unspecified atom stereocenters. The molecule has 92 valence electrons. The second kappa shape index (κ2) is 3.91. The normalized spacial score (nSPS) is 30.1. The third-order valence-corrected chi connectivity index (χ3v) is 3.29. The number of piperidine rings is 1. The van der Waals surface area contributed by atoms with Crippen molar-refractivity contribution in [3.8, 4) is 0 Å². The highest BCUT2D eigenvalue weighted by Gasteiger charge is 2.46. The van der Waals surface area contributed by atoms with Gasteiger partial charge in [-0.2, -0.15) is 13.2 Å². The number of piperazine rings is 1. The topological polar surface area (TPSA) is 23.6 Å². The van der Waals surface area contributed by atoms with Crippen LogP contribution in [0, 0.1) is 0 Å². The lowest BCUT2D eigenvalue weighted by atomic mass is 9.87. The Morgan fingerprint density at radius 2 is 1.88 bits per heavy atom. The first kappa shape index (κ1) is 11.7. The number of nitrogens with zero attached hydrogens (tertiary/aromatic N) is 2. The minimum absolute atomic E-state index is 0.143. The van der Waals surface area contributed by atoms with E-state index >= 15 is 0 Å². The van der Waals surface area contributed by atoms with Gasteiger partial charge in [0.1, 0.15) is 0 Å². The molecule has 3 saturated heterocycles. The number of carbonyl (C=O) groups excluding carboxylic acids is 1. The summed E-state index contributed by atoms with van der Waals surface area (Å²) in [6.45, 7) is 1.57. The Balaban J connectivity index is 1.83. The molecule has 0 spiro atoms. The smallest absolute Gasteiger partial charge is 0.334 e. The lowest BCUT2D eigenvalue weighted by molar-refractivity contribution is -0.163. The predicted octanol–water partition coefficient (Wildman–Crippen LogP) is 1.24. The molecular weight excluding hydrogens is 221 g/mol. The lowest BCUT2D eigenvalue weighted by Gasteiger charge is -2.55. The van der Waals surface area contributed by atoms with E-state index in [1.54, 1.807) is 4.90 Å². The van der Waals surface area contributed by atoms with E-state index < -0.39 is 19.0 Å². The Morgan fingerprint density at radius 3 is 2.38 bits per heavy atom. The van der Waals surface area contributed by atoms with Crippen molar-refractivity contribution < 1.29 is 18.0 Å². The molecule has 0 aromatic heterocycles. The average molecular weight is 236 g/mol. The second-order valence-corrected chi connectivity index (χ2v) is 4.68. The van der Waals surface area contributed by atoms with Gasteiger partial charge in [-0.05, 0) is 13.5 Å². The second-order valence-electron chi connectivity index (χ2n) is 4.68. The number of halogens is 3. The molecule has 3 nitrogen and oxygen atoms in total. The van der Waals surface area contributed by atoms with Crippen molar-refractivity contribution in [3.05, 3.63) is 0 Å². The van der Waals surface area contributed by atoms with E-state index in [0.717, 1.165) is 19.5 Å². The number of likely N-dealkylation sites (N-methyl/N-ethyl adjacent to an activating group) is 1. The summed E-state index contributed by atoms with van der Waals surface area (Å²) >= 11 is 0. The van der Waals surface area contributed by atoms with Crippen LogP contribution in [-0.2, 0) is 4.79 Å². The molecule has 6 heteroatoms. The van der Waals surface area contributed by atoms with Crippen molar-refractivity contribution >= 4 is 5.91 Å². The largest absolute Gasteiger partial charge is 0.389 e. The monoisotopic (exact) mass is 236 g/mol.